The molecule has 0 radical (unpaired) electrons. The summed E-state index contributed by atoms with van der Waals surface area (Å²) >= 11 is 11.8. The summed E-state index contributed by atoms with van der Waals surface area (Å²) in [5.41, 5.74) is 0.671. The minimum atomic E-state index is -0.680. The number of fused-ring (bicyclic) bond motifs is 1. The zero-order valence-corrected chi connectivity index (χ0v) is 20.5. The Balaban J connectivity index is 1.66. The monoisotopic (exact) mass is 506 g/mol. The summed E-state index contributed by atoms with van der Waals surface area (Å²) in [6.45, 7) is 6.24. The zero-order chi connectivity index (χ0) is 24.7. The Hall–Kier alpha value is -2.68. The van der Waals surface area contributed by atoms with E-state index in [1.165, 1.54) is 18.5 Å². The Morgan fingerprint density at radius 2 is 1.97 bits per heavy atom. The van der Waals surface area contributed by atoms with E-state index in [-0.39, 0.29) is 28.4 Å². The molecule has 1 aromatic heterocycles. The first-order valence-corrected chi connectivity index (χ1v) is 11.5. The lowest BCUT2D eigenvalue weighted by molar-refractivity contribution is -0.0149. The first-order chi connectivity index (χ1) is 16.0. The minimum Gasteiger partial charge on any atom is -0.444 e. The second-order valence-electron chi connectivity index (χ2n) is 9.39. The van der Waals surface area contributed by atoms with E-state index >= 15 is 0 Å². The van der Waals surface area contributed by atoms with Gasteiger partial charge >= 0.3 is 6.09 Å². The van der Waals surface area contributed by atoms with E-state index in [4.69, 9.17) is 27.9 Å². The highest BCUT2D eigenvalue weighted by molar-refractivity contribution is 6.42. The third-order valence-corrected chi connectivity index (χ3v) is 6.55. The quantitative estimate of drug-likeness (QED) is 0.432. The van der Waals surface area contributed by atoms with Crippen molar-refractivity contribution < 1.29 is 19.0 Å². The molecule has 0 aliphatic carbocycles. The molecule has 0 bridgehead atoms. The number of nitrogens with one attached hydrogen (secondary N) is 1. The lowest BCUT2D eigenvalue weighted by Crippen LogP contribution is -2.62. The number of nitrogens with zero attached hydrogens (tertiary/aromatic N) is 3. The van der Waals surface area contributed by atoms with Crippen molar-refractivity contribution >= 4 is 51.7 Å². The molecule has 1 aliphatic rings. The average molecular weight is 507 g/mol. The number of aliphatic hydroxyl groups is 1. The highest BCUT2D eigenvalue weighted by Crippen LogP contribution is 2.40. The maximum Gasteiger partial charge on any atom is 0.410 e. The predicted octanol–water partition coefficient (Wildman–Crippen LogP) is 5.69. The van der Waals surface area contributed by atoms with Gasteiger partial charge in [-0.05, 0) is 57.0 Å². The highest BCUT2D eigenvalue weighted by Gasteiger charge is 2.47. The molecule has 2 aromatic carbocycles. The molecule has 1 saturated heterocycles. The van der Waals surface area contributed by atoms with Crippen LogP contribution in [0.15, 0.2) is 36.7 Å². The summed E-state index contributed by atoms with van der Waals surface area (Å²) in [6, 6.07) is 8.67. The van der Waals surface area contributed by atoms with Crippen LogP contribution in [0.5, 0.6) is 0 Å². The van der Waals surface area contributed by atoms with Crippen molar-refractivity contribution in [2.24, 2.45) is 0 Å². The molecule has 0 unspecified atom stereocenters. The second kappa shape index (κ2) is 9.17. The molecule has 7 nitrogen and oxygen atoms in total. The van der Waals surface area contributed by atoms with Crippen molar-refractivity contribution in [3.05, 3.63) is 58.1 Å². The van der Waals surface area contributed by atoms with Crippen LogP contribution < -0.4 is 5.32 Å². The third-order valence-electron chi connectivity index (χ3n) is 5.77. The van der Waals surface area contributed by atoms with Gasteiger partial charge in [0.05, 0.1) is 21.2 Å². The molecule has 34 heavy (non-hydrogen) atoms. The molecule has 1 amide bonds. The molecule has 0 atom stereocenters. The summed E-state index contributed by atoms with van der Waals surface area (Å²) in [5.74, 6) is -0.285. The van der Waals surface area contributed by atoms with E-state index < -0.39 is 16.8 Å². The first-order valence-electron chi connectivity index (χ1n) is 10.8. The SMILES string of the molecule is CC(C)(C)OC(=O)N1CC(CCO)(c2ccc3ncnc(Nc4ccc(Cl)c(Cl)c4F)c3c2)C1. The number of carbonyl (C=O) groups excluding carboxylic acids is 1. The molecule has 180 valence electrons. The molecular formula is C24H25Cl2FN4O3. The molecule has 2 N–H and O–H groups in total. The van der Waals surface area contributed by atoms with E-state index in [9.17, 15) is 14.3 Å². The van der Waals surface area contributed by atoms with Crippen molar-refractivity contribution in [1.82, 2.24) is 14.9 Å². The number of amides is 1. The largest absolute Gasteiger partial charge is 0.444 e. The standard InChI is InChI=1S/C24H25Cl2FN4O3/c1-23(2,3)34-22(33)31-11-24(12-31,8-9-32)14-4-6-17-15(10-14)21(29-13-28-17)30-18-7-5-16(25)19(26)20(18)27/h4-7,10,13,32H,8-9,11-12H2,1-3H3,(H,28,29,30). The number of hydrogen-bond donors (Lipinski definition) is 2. The van der Waals surface area contributed by atoms with E-state index in [0.29, 0.717) is 36.2 Å². The summed E-state index contributed by atoms with van der Waals surface area (Å²) in [4.78, 5) is 22.7. The van der Waals surface area contributed by atoms with Crippen LogP contribution in [0, 0.1) is 5.82 Å². The Bertz CT molecular complexity index is 1240. The normalized spacial score (nSPS) is 15.2. The van der Waals surface area contributed by atoms with E-state index in [1.54, 1.807) is 4.90 Å². The number of hydrogen-bond acceptors (Lipinski definition) is 6. The van der Waals surface area contributed by atoms with Crippen LogP contribution in [0.3, 0.4) is 0 Å². The Kier molecular flexibility index (Phi) is 6.59. The first kappa shape index (κ1) is 24.4. The van der Waals surface area contributed by atoms with Gasteiger partial charge in [-0.15, -0.1) is 0 Å². The fourth-order valence-electron chi connectivity index (χ4n) is 4.08. The second-order valence-corrected chi connectivity index (χ2v) is 10.2. The molecule has 10 heteroatoms. The van der Waals surface area contributed by atoms with Gasteiger partial charge in [0.15, 0.2) is 5.82 Å². The summed E-state index contributed by atoms with van der Waals surface area (Å²) in [5, 5.41) is 13.3. The van der Waals surface area contributed by atoms with Crippen molar-refractivity contribution in [3.63, 3.8) is 0 Å². The molecule has 1 aliphatic heterocycles. The molecule has 2 heterocycles. The fraction of sp³-hybridized carbons (Fsp3) is 0.375. The number of halogens is 3. The number of ether oxygens (including phenoxy) is 1. The van der Waals surface area contributed by atoms with Crippen LogP contribution in [-0.4, -0.2) is 51.4 Å². The molecule has 0 spiro atoms. The molecule has 1 fully saturated rings. The molecular weight excluding hydrogens is 482 g/mol. The Morgan fingerprint density at radius 3 is 2.65 bits per heavy atom. The van der Waals surface area contributed by atoms with Gasteiger partial charge in [0.25, 0.3) is 0 Å². The summed E-state index contributed by atoms with van der Waals surface area (Å²) in [6.07, 6.45) is 1.47. The van der Waals surface area contributed by atoms with Gasteiger partial charge in [-0.2, -0.15) is 0 Å². The number of benzene rings is 2. The van der Waals surface area contributed by atoms with Gasteiger partial charge in [0.2, 0.25) is 0 Å². The smallest absolute Gasteiger partial charge is 0.410 e. The van der Waals surface area contributed by atoms with Gasteiger partial charge in [0, 0.05) is 30.5 Å². The molecule has 3 aromatic rings. The van der Waals surface area contributed by atoms with E-state index in [0.717, 1.165) is 5.56 Å². The Morgan fingerprint density at radius 1 is 1.24 bits per heavy atom. The number of carbonyl (C=O) groups is 1. The fourth-order valence-corrected chi connectivity index (χ4v) is 4.39. The van der Waals surface area contributed by atoms with Crippen molar-refractivity contribution in [3.8, 4) is 0 Å². The third kappa shape index (κ3) is 4.76. The number of rotatable bonds is 5. The Labute approximate surface area is 206 Å². The van der Waals surface area contributed by atoms with Crippen LogP contribution in [0.25, 0.3) is 10.9 Å². The topological polar surface area (TPSA) is 87.6 Å². The number of aliphatic hydroxyl groups excluding tert-OH is 1. The van der Waals surface area contributed by atoms with Crippen molar-refractivity contribution in [2.75, 3.05) is 25.0 Å². The van der Waals surface area contributed by atoms with E-state index in [1.807, 2.05) is 39.0 Å². The van der Waals surface area contributed by atoms with Crippen LogP contribution in [0.1, 0.15) is 32.8 Å². The number of anilines is 2. The summed E-state index contributed by atoms with van der Waals surface area (Å²) in [7, 11) is 0. The maximum atomic E-state index is 14.6. The maximum absolute atomic E-state index is 14.6. The minimum absolute atomic E-state index is 0.0366. The van der Waals surface area contributed by atoms with Gasteiger partial charge < -0.3 is 20.1 Å². The van der Waals surface area contributed by atoms with Gasteiger partial charge in [-0.25, -0.2) is 19.2 Å². The van der Waals surface area contributed by atoms with Crippen LogP contribution >= 0.6 is 23.2 Å². The predicted molar refractivity (Wildman–Crippen MR) is 130 cm³/mol. The molecule has 4 rings (SSSR count). The highest BCUT2D eigenvalue weighted by atomic mass is 35.5. The van der Waals surface area contributed by atoms with Crippen molar-refractivity contribution in [1.29, 1.82) is 0 Å². The van der Waals surface area contributed by atoms with Gasteiger partial charge in [-0.3, -0.25) is 0 Å². The van der Waals surface area contributed by atoms with Crippen molar-refractivity contribution in [2.45, 2.75) is 38.2 Å². The number of likely N-dealkylation sites (tertiary alicyclic amines) is 1. The lowest BCUT2D eigenvalue weighted by Gasteiger charge is -2.50. The molecule has 0 saturated carbocycles. The lowest BCUT2D eigenvalue weighted by atomic mass is 9.71. The van der Waals surface area contributed by atoms with Gasteiger partial charge in [0.1, 0.15) is 17.7 Å². The average Bonchev–Trinajstić information content (AvgIpc) is 2.75. The summed E-state index contributed by atoms with van der Waals surface area (Å²) < 4.78 is 20.1. The van der Waals surface area contributed by atoms with E-state index in [2.05, 4.69) is 15.3 Å². The van der Waals surface area contributed by atoms with Crippen LogP contribution in [0.2, 0.25) is 10.0 Å². The zero-order valence-electron chi connectivity index (χ0n) is 19.0. The van der Waals surface area contributed by atoms with Gasteiger partial charge in [-0.1, -0.05) is 29.3 Å². The van der Waals surface area contributed by atoms with Crippen LogP contribution in [-0.2, 0) is 10.2 Å². The number of aromatic nitrogens is 2. The van der Waals surface area contributed by atoms with Crippen LogP contribution in [0.4, 0.5) is 20.7 Å².